The summed E-state index contributed by atoms with van der Waals surface area (Å²) in [4.78, 5) is 30.5. The molecule has 1 atom stereocenters. The Morgan fingerprint density at radius 2 is 1.93 bits per heavy atom. The van der Waals surface area contributed by atoms with E-state index in [1.54, 1.807) is 6.07 Å². The number of aryl methyl sites for hydroxylation is 2. The van der Waals surface area contributed by atoms with Gasteiger partial charge in [-0.15, -0.1) is 0 Å². The minimum absolute atomic E-state index is 0.184. The van der Waals surface area contributed by atoms with Crippen LogP contribution in [0.15, 0.2) is 42.5 Å². The summed E-state index contributed by atoms with van der Waals surface area (Å²) in [6, 6.07) is 13.3. The summed E-state index contributed by atoms with van der Waals surface area (Å²) in [6.45, 7) is 5.83. The van der Waals surface area contributed by atoms with E-state index in [2.05, 4.69) is 6.92 Å². The third kappa shape index (κ3) is 3.80. The third-order valence-electron chi connectivity index (χ3n) is 5.73. The molecule has 1 heterocycles. The zero-order valence-electron chi connectivity index (χ0n) is 17.1. The van der Waals surface area contributed by atoms with E-state index in [0.717, 1.165) is 52.5 Å². The number of Topliss-reactive ketones (excluding diaryl/α,β-unsaturated/α-hetero) is 1. The smallest absolute Gasteiger partial charge is 0.339 e. The van der Waals surface area contributed by atoms with Gasteiger partial charge in [0, 0.05) is 16.6 Å². The highest BCUT2D eigenvalue weighted by molar-refractivity contribution is 6.06. The molecule has 0 bridgehead atoms. The van der Waals surface area contributed by atoms with E-state index >= 15 is 0 Å². The highest BCUT2D eigenvalue weighted by Gasteiger charge is 2.26. The van der Waals surface area contributed by atoms with Gasteiger partial charge in [0.2, 0.25) is 5.78 Å². The van der Waals surface area contributed by atoms with Gasteiger partial charge in [-0.2, -0.15) is 0 Å². The first-order valence-corrected chi connectivity index (χ1v) is 10.1. The molecule has 4 rings (SSSR count). The Balaban J connectivity index is 1.64. The van der Waals surface area contributed by atoms with E-state index in [-0.39, 0.29) is 12.4 Å². The number of para-hydroxylation sites is 1. The lowest BCUT2D eigenvalue weighted by molar-refractivity contribution is 0.0475. The molecule has 1 aliphatic carbocycles. The van der Waals surface area contributed by atoms with Crippen LogP contribution in [0, 0.1) is 19.8 Å². The van der Waals surface area contributed by atoms with Crippen molar-refractivity contribution in [3.05, 3.63) is 76.0 Å². The molecule has 3 aromatic rings. The Morgan fingerprint density at radius 3 is 2.72 bits per heavy atom. The molecule has 29 heavy (non-hydrogen) atoms. The van der Waals surface area contributed by atoms with E-state index in [9.17, 15) is 9.59 Å². The van der Waals surface area contributed by atoms with Gasteiger partial charge in [0.1, 0.15) is 0 Å². The summed E-state index contributed by atoms with van der Waals surface area (Å²) < 4.78 is 5.51. The van der Waals surface area contributed by atoms with Crippen molar-refractivity contribution in [1.82, 2.24) is 4.98 Å². The van der Waals surface area contributed by atoms with Crippen LogP contribution in [0.3, 0.4) is 0 Å². The predicted octanol–water partition coefficient (Wildman–Crippen LogP) is 5.02. The number of aromatic nitrogens is 1. The van der Waals surface area contributed by atoms with Crippen LogP contribution in [0.4, 0.5) is 0 Å². The van der Waals surface area contributed by atoms with Crippen LogP contribution < -0.4 is 0 Å². The van der Waals surface area contributed by atoms with Gasteiger partial charge in [-0.25, -0.2) is 4.79 Å². The Kier molecular flexibility index (Phi) is 5.18. The van der Waals surface area contributed by atoms with Crippen LogP contribution in [0.25, 0.3) is 10.9 Å². The summed E-state index contributed by atoms with van der Waals surface area (Å²) in [6.07, 6.45) is 2.69. The monoisotopic (exact) mass is 387 g/mol. The maximum atomic E-state index is 13.1. The maximum absolute atomic E-state index is 13.1. The van der Waals surface area contributed by atoms with Gasteiger partial charge in [0.05, 0.1) is 11.1 Å². The number of nitrogens with zero attached hydrogens (tertiary/aromatic N) is 1. The third-order valence-corrected chi connectivity index (χ3v) is 5.73. The average molecular weight is 387 g/mol. The Hall–Kier alpha value is -3.01. The van der Waals surface area contributed by atoms with Crippen molar-refractivity contribution < 1.29 is 14.3 Å². The van der Waals surface area contributed by atoms with Crippen LogP contribution in [0.2, 0.25) is 0 Å². The second-order valence-corrected chi connectivity index (χ2v) is 8.09. The van der Waals surface area contributed by atoms with Gasteiger partial charge in [-0.1, -0.05) is 48.9 Å². The summed E-state index contributed by atoms with van der Waals surface area (Å²) in [7, 11) is 0. The summed E-state index contributed by atoms with van der Waals surface area (Å²) in [5.74, 6) is -0.0738. The van der Waals surface area contributed by atoms with Crippen molar-refractivity contribution in [3.8, 4) is 0 Å². The molecule has 0 fully saturated rings. The molecule has 2 aromatic carbocycles. The molecule has 0 saturated carbocycles. The van der Waals surface area contributed by atoms with Gasteiger partial charge in [-0.05, 0) is 56.2 Å². The number of carbonyl (C=O) groups is 2. The predicted molar refractivity (Wildman–Crippen MR) is 113 cm³/mol. The molecule has 4 nitrogen and oxygen atoms in total. The first-order valence-electron chi connectivity index (χ1n) is 10.1. The fourth-order valence-electron chi connectivity index (χ4n) is 4.20. The Labute approximate surface area is 170 Å². The zero-order valence-corrected chi connectivity index (χ0v) is 17.1. The number of hydrogen-bond acceptors (Lipinski definition) is 4. The summed E-state index contributed by atoms with van der Waals surface area (Å²) in [5.41, 5.74) is 5.92. The lowest BCUT2D eigenvalue weighted by Crippen LogP contribution is -2.21. The van der Waals surface area contributed by atoms with E-state index in [1.807, 2.05) is 50.2 Å². The van der Waals surface area contributed by atoms with Crippen molar-refractivity contribution in [2.75, 3.05) is 6.61 Å². The molecule has 0 N–H and O–H groups in total. The fourth-order valence-corrected chi connectivity index (χ4v) is 4.20. The quantitative estimate of drug-likeness (QED) is 0.466. The molecule has 4 heteroatoms. The molecule has 148 valence electrons. The van der Waals surface area contributed by atoms with Crippen molar-refractivity contribution >= 4 is 22.7 Å². The molecule has 0 aliphatic heterocycles. The van der Waals surface area contributed by atoms with E-state index in [4.69, 9.17) is 9.72 Å². The van der Waals surface area contributed by atoms with Crippen molar-refractivity contribution in [3.63, 3.8) is 0 Å². The lowest BCUT2D eigenvalue weighted by Gasteiger charge is -2.23. The molecule has 0 amide bonds. The average Bonchev–Trinajstić information content (AvgIpc) is 2.69. The second kappa shape index (κ2) is 7.78. The number of benzene rings is 2. The first kappa shape index (κ1) is 19.3. The normalized spacial score (nSPS) is 15.8. The van der Waals surface area contributed by atoms with Gasteiger partial charge < -0.3 is 4.74 Å². The fraction of sp³-hybridized carbons (Fsp3) is 0.320. The molecule has 1 aromatic heterocycles. The van der Waals surface area contributed by atoms with Gasteiger partial charge in [0.15, 0.2) is 6.61 Å². The summed E-state index contributed by atoms with van der Waals surface area (Å²) in [5, 5.41) is 0.796. The van der Waals surface area contributed by atoms with Crippen LogP contribution in [0.1, 0.15) is 56.4 Å². The van der Waals surface area contributed by atoms with E-state index < -0.39 is 5.97 Å². The number of rotatable bonds is 4. The molecule has 1 aliphatic rings. The van der Waals surface area contributed by atoms with E-state index in [0.29, 0.717) is 17.0 Å². The largest absolute Gasteiger partial charge is 0.454 e. The number of pyridine rings is 1. The number of esters is 1. The van der Waals surface area contributed by atoms with Gasteiger partial charge in [0.25, 0.3) is 0 Å². The Morgan fingerprint density at radius 1 is 1.14 bits per heavy atom. The number of carbonyl (C=O) groups excluding carboxylic acids is 2. The number of fused-ring (bicyclic) bond motifs is 2. The molecule has 0 saturated heterocycles. The van der Waals surface area contributed by atoms with Crippen LogP contribution >= 0.6 is 0 Å². The van der Waals surface area contributed by atoms with Crippen molar-refractivity contribution in [1.29, 1.82) is 0 Å². The van der Waals surface area contributed by atoms with Crippen LogP contribution in [-0.2, 0) is 17.6 Å². The van der Waals surface area contributed by atoms with Gasteiger partial charge in [-0.3, -0.25) is 9.78 Å². The molecule has 0 unspecified atom stereocenters. The van der Waals surface area contributed by atoms with Crippen molar-refractivity contribution in [2.24, 2.45) is 5.92 Å². The highest BCUT2D eigenvalue weighted by Crippen LogP contribution is 2.31. The van der Waals surface area contributed by atoms with Gasteiger partial charge >= 0.3 is 5.97 Å². The summed E-state index contributed by atoms with van der Waals surface area (Å²) >= 11 is 0. The van der Waals surface area contributed by atoms with Crippen molar-refractivity contribution in [2.45, 2.75) is 40.0 Å². The minimum atomic E-state index is -0.437. The second-order valence-electron chi connectivity index (χ2n) is 8.09. The molecule has 0 spiro atoms. The SMILES string of the molecule is Cc1ccc(C(=O)COC(=O)c2c3c(nc4ccccc24)C[C@H](C)CC3)c(C)c1. The van der Waals surface area contributed by atoms with Crippen LogP contribution in [0.5, 0.6) is 0 Å². The van der Waals surface area contributed by atoms with Crippen LogP contribution in [-0.4, -0.2) is 23.3 Å². The highest BCUT2D eigenvalue weighted by atomic mass is 16.5. The molecular formula is C25H25NO3. The standard InChI is InChI=1S/C25H25NO3/c1-15-8-10-18(17(3)12-15)23(27)14-29-25(28)24-19-6-4-5-7-21(19)26-22-13-16(2)9-11-20(22)24/h4-8,10,12,16H,9,11,13-14H2,1-3H3/t16-/m1/s1. The maximum Gasteiger partial charge on any atom is 0.339 e. The van der Waals surface area contributed by atoms with E-state index in [1.165, 1.54) is 0 Å². The lowest BCUT2D eigenvalue weighted by atomic mass is 9.84. The number of ether oxygens (including phenoxy) is 1. The zero-order chi connectivity index (χ0) is 20.5. The first-order chi connectivity index (χ1) is 13.9. The topological polar surface area (TPSA) is 56.3 Å². The molecule has 0 radical (unpaired) electrons. The number of ketones is 1. The Bertz CT molecular complexity index is 1120. The minimum Gasteiger partial charge on any atom is -0.454 e. The number of hydrogen-bond donors (Lipinski definition) is 0. The molecular weight excluding hydrogens is 362 g/mol.